The van der Waals surface area contributed by atoms with E-state index in [0.717, 1.165) is 18.4 Å². The minimum atomic E-state index is 0.889. The maximum Gasteiger partial charge on any atom is -0.00172 e. The Morgan fingerprint density at radius 2 is 2.07 bits per heavy atom. The van der Waals surface area contributed by atoms with Gasteiger partial charge in [0.15, 0.2) is 0 Å². The van der Waals surface area contributed by atoms with Crippen molar-refractivity contribution in [2.24, 2.45) is 11.8 Å². The minimum absolute atomic E-state index is 0.889. The lowest BCUT2D eigenvalue weighted by molar-refractivity contribution is 0.264. The van der Waals surface area contributed by atoms with Gasteiger partial charge in [0.2, 0.25) is 0 Å². The summed E-state index contributed by atoms with van der Waals surface area (Å²) in [7, 11) is 2.03. The number of hydrogen-bond acceptors (Lipinski definition) is 1. The van der Waals surface area contributed by atoms with Gasteiger partial charge in [-0.1, -0.05) is 37.8 Å². The highest BCUT2D eigenvalue weighted by Crippen LogP contribution is 2.36. The van der Waals surface area contributed by atoms with Crippen molar-refractivity contribution in [3.63, 3.8) is 0 Å². The summed E-state index contributed by atoms with van der Waals surface area (Å²) in [6.45, 7) is 5.80. The van der Waals surface area contributed by atoms with Crippen LogP contribution < -0.4 is 5.32 Å². The van der Waals surface area contributed by atoms with Gasteiger partial charge < -0.3 is 5.32 Å². The van der Waals surface area contributed by atoms with E-state index in [1.807, 2.05) is 7.05 Å². The highest BCUT2D eigenvalue weighted by atomic mass is 14.8. The molecule has 0 aromatic carbocycles. The molecule has 2 atom stereocenters. The molecule has 0 aromatic heterocycles. The zero-order valence-corrected chi connectivity index (χ0v) is 10.7. The largest absolute Gasteiger partial charge is 0.319 e. The van der Waals surface area contributed by atoms with Crippen LogP contribution in [0.25, 0.3) is 0 Å². The van der Waals surface area contributed by atoms with Gasteiger partial charge in [-0.25, -0.2) is 0 Å². The third-order valence-electron chi connectivity index (χ3n) is 3.88. The van der Waals surface area contributed by atoms with Crippen molar-refractivity contribution in [1.29, 1.82) is 0 Å². The molecule has 2 unspecified atom stereocenters. The monoisotopic (exact) mass is 209 g/mol. The zero-order chi connectivity index (χ0) is 11.1. The number of hydrogen-bond donors (Lipinski definition) is 1. The Morgan fingerprint density at radius 1 is 1.33 bits per heavy atom. The van der Waals surface area contributed by atoms with E-state index < -0.39 is 0 Å². The first-order valence-electron chi connectivity index (χ1n) is 6.60. The molecule has 1 nitrogen and oxygen atoms in total. The summed E-state index contributed by atoms with van der Waals surface area (Å²) in [5.74, 6) is 1.85. The molecule has 0 amide bonds. The van der Waals surface area contributed by atoms with Gasteiger partial charge in [-0.3, -0.25) is 0 Å². The number of rotatable bonds is 5. The van der Waals surface area contributed by atoms with E-state index in [4.69, 9.17) is 0 Å². The molecule has 0 aromatic rings. The third-order valence-corrected chi connectivity index (χ3v) is 3.88. The Kier molecular flexibility index (Phi) is 6.00. The predicted octanol–water partition coefficient (Wildman–Crippen LogP) is 3.76. The van der Waals surface area contributed by atoms with Crippen LogP contribution in [0.1, 0.15) is 52.4 Å². The van der Waals surface area contributed by atoms with Gasteiger partial charge in [0.25, 0.3) is 0 Å². The summed E-state index contributed by atoms with van der Waals surface area (Å²) in [5, 5.41) is 3.21. The summed E-state index contributed by atoms with van der Waals surface area (Å²) in [6, 6.07) is 0. The molecule has 0 saturated heterocycles. The normalized spacial score (nSPS) is 28.1. The van der Waals surface area contributed by atoms with Crippen molar-refractivity contribution >= 4 is 0 Å². The molecule has 0 aliphatic heterocycles. The highest BCUT2D eigenvalue weighted by Gasteiger charge is 2.24. The maximum atomic E-state index is 3.21. The number of nitrogens with one attached hydrogen (secondary N) is 1. The van der Waals surface area contributed by atoms with Gasteiger partial charge in [0.05, 0.1) is 0 Å². The second kappa shape index (κ2) is 7.05. The van der Waals surface area contributed by atoms with E-state index in [0.29, 0.717) is 0 Å². The van der Waals surface area contributed by atoms with Crippen molar-refractivity contribution in [1.82, 2.24) is 5.32 Å². The SMILES string of the molecule is CCC1CCCCC1C(C)=CCCNC. The van der Waals surface area contributed by atoms with E-state index in [1.165, 1.54) is 38.5 Å². The lowest BCUT2D eigenvalue weighted by atomic mass is 9.74. The quantitative estimate of drug-likeness (QED) is 0.537. The van der Waals surface area contributed by atoms with E-state index >= 15 is 0 Å². The van der Waals surface area contributed by atoms with E-state index in [-0.39, 0.29) is 0 Å². The molecule has 1 aliphatic carbocycles. The van der Waals surface area contributed by atoms with E-state index in [9.17, 15) is 0 Å². The first kappa shape index (κ1) is 12.8. The second-order valence-corrected chi connectivity index (χ2v) is 4.90. The van der Waals surface area contributed by atoms with Gasteiger partial charge in [-0.15, -0.1) is 0 Å². The summed E-state index contributed by atoms with van der Waals surface area (Å²) in [4.78, 5) is 0. The van der Waals surface area contributed by atoms with Gasteiger partial charge in [0, 0.05) is 0 Å². The average Bonchev–Trinajstić information content (AvgIpc) is 2.29. The smallest absolute Gasteiger partial charge is 0.00172 e. The van der Waals surface area contributed by atoms with Crippen LogP contribution >= 0.6 is 0 Å². The van der Waals surface area contributed by atoms with Crippen LogP contribution in [-0.4, -0.2) is 13.6 Å². The molecule has 0 heterocycles. The molecule has 88 valence electrons. The van der Waals surface area contributed by atoms with E-state index in [2.05, 4.69) is 25.2 Å². The molecule has 1 saturated carbocycles. The van der Waals surface area contributed by atoms with Crippen LogP contribution in [0, 0.1) is 11.8 Å². The molecule has 0 bridgehead atoms. The fourth-order valence-corrected chi connectivity index (χ4v) is 2.89. The van der Waals surface area contributed by atoms with Crippen LogP contribution in [0.4, 0.5) is 0 Å². The standard InChI is InChI=1S/C14H27N/c1-4-13-9-5-6-10-14(13)12(2)8-7-11-15-3/h8,13-15H,4-7,9-11H2,1-3H3. The molecule has 1 aliphatic rings. The average molecular weight is 209 g/mol. The lowest BCUT2D eigenvalue weighted by Crippen LogP contribution is -2.20. The van der Waals surface area contributed by atoms with Gasteiger partial charge in [-0.05, 0) is 51.6 Å². The van der Waals surface area contributed by atoms with E-state index in [1.54, 1.807) is 5.57 Å². The topological polar surface area (TPSA) is 12.0 Å². The Bertz CT molecular complexity index is 196. The summed E-state index contributed by atoms with van der Waals surface area (Å²) in [5.41, 5.74) is 1.65. The predicted molar refractivity (Wildman–Crippen MR) is 68.0 cm³/mol. The van der Waals surface area contributed by atoms with Crippen LogP contribution in [0.15, 0.2) is 11.6 Å². The van der Waals surface area contributed by atoms with Crippen LogP contribution in [0.2, 0.25) is 0 Å². The van der Waals surface area contributed by atoms with Gasteiger partial charge in [-0.2, -0.15) is 0 Å². The van der Waals surface area contributed by atoms with Crippen LogP contribution in [0.3, 0.4) is 0 Å². The molecule has 1 fully saturated rings. The number of allylic oxidation sites excluding steroid dienone is 1. The molecule has 1 heteroatoms. The fraction of sp³-hybridized carbons (Fsp3) is 0.857. The van der Waals surface area contributed by atoms with Crippen molar-refractivity contribution < 1.29 is 0 Å². The molecule has 15 heavy (non-hydrogen) atoms. The maximum absolute atomic E-state index is 3.21. The minimum Gasteiger partial charge on any atom is -0.319 e. The summed E-state index contributed by atoms with van der Waals surface area (Å²) < 4.78 is 0. The molecule has 0 radical (unpaired) electrons. The van der Waals surface area contributed by atoms with Gasteiger partial charge >= 0.3 is 0 Å². The van der Waals surface area contributed by atoms with Crippen LogP contribution in [0.5, 0.6) is 0 Å². The first-order valence-corrected chi connectivity index (χ1v) is 6.60. The van der Waals surface area contributed by atoms with Crippen molar-refractivity contribution in [2.45, 2.75) is 52.4 Å². The Hall–Kier alpha value is -0.300. The lowest BCUT2D eigenvalue weighted by Gasteiger charge is -2.31. The van der Waals surface area contributed by atoms with Crippen molar-refractivity contribution in [3.05, 3.63) is 11.6 Å². The molecule has 0 spiro atoms. The third kappa shape index (κ3) is 3.98. The Labute approximate surface area is 95.3 Å². The molecular weight excluding hydrogens is 182 g/mol. The zero-order valence-electron chi connectivity index (χ0n) is 10.7. The van der Waals surface area contributed by atoms with Crippen LogP contribution in [-0.2, 0) is 0 Å². The van der Waals surface area contributed by atoms with Crippen molar-refractivity contribution in [3.8, 4) is 0 Å². The second-order valence-electron chi connectivity index (χ2n) is 4.90. The fourth-order valence-electron chi connectivity index (χ4n) is 2.89. The summed E-state index contributed by atoms with van der Waals surface area (Å²) in [6.07, 6.45) is 10.8. The van der Waals surface area contributed by atoms with Crippen molar-refractivity contribution in [2.75, 3.05) is 13.6 Å². The molecule has 1 rings (SSSR count). The van der Waals surface area contributed by atoms with Gasteiger partial charge in [0.1, 0.15) is 0 Å². The Morgan fingerprint density at radius 3 is 2.73 bits per heavy atom. The summed E-state index contributed by atoms with van der Waals surface area (Å²) >= 11 is 0. The highest BCUT2D eigenvalue weighted by molar-refractivity contribution is 5.06. The molecular formula is C14H27N. The first-order chi connectivity index (χ1) is 7.29. The molecule has 1 N–H and O–H groups in total. The Balaban J connectivity index is 2.47.